The van der Waals surface area contributed by atoms with Crippen molar-refractivity contribution in [1.29, 1.82) is 0 Å². The molecule has 8 heteroatoms. The molecule has 2 aliphatic heterocycles. The Hall–Kier alpha value is -3.94. The first-order chi connectivity index (χ1) is 20.4. The summed E-state index contributed by atoms with van der Waals surface area (Å²) in [6.45, 7) is 4.55. The summed E-state index contributed by atoms with van der Waals surface area (Å²) in [5, 5.41) is 13.9. The number of fused-ring (bicyclic) bond motifs is 1. The quantitative estimate of drug-likeness (QED) is 0.297. The Labute approximate surface area is 251 Å². The van der Waals surface area contributed by atoms with Crippen LogP contribution in [0, 0.1) is 5.92 Å². The zero-order valence-corrected chi connectivity index (χ0v) is 24.7. The number of aliphatic imine (C=N–C) groups is 1. The minimum atomic E-state index is -1.25. The molecule has 1 atom stereocenters. The first-order valence-electron chi connectivity index (χ1n) is 14.4. The van der Waals surface area contributed by atoms with Gasteiger partial charge in [0.05, 0.1) is 30.5 Å². The van der Waals surface area contributed by atoms with Crippen molar-refractivity contribution in [1.82, 2.24) is 9.88 Å². The summed E-state index contributed by atoms with van der Waals surface area (Å²) in [5.74, 6) is 0.490. The van der Waals surface area contributed by atoms with Gasteiger partial charge in [-0.3, -0.25) is 9.79 Å². The topological polar surface area (TPSA) is 78.3 Å². The highest BCUT2D eigenvalue weighted by Gasteiger charge is 2.42. The second-order valence-electron chi connectivity index (χ2n) is 11.1. The highest BCUT2D eigenvalue weighted by molar-refractivity contribution is 6.36. The smallest absolute Gasteiger partial charge is 0.219 e. The van der Waals surface area contributed by atoms with Gasteiger partial charge < -0.3 is 19.6 Å². The van der Waals surface area contributed by atoms with E-state index in [0.717, 1.165) is 46.4 Å². The number of nitrogens with zero attached hydrogens (tertiary/aromatic N) is 4. The van der Waals surface area contributed by atoms with E-state index in [4.69, 9.17) is 21.3 Å². The van der Waals surface area contributed by atoms with Crippen molar-refractivity contribution < 1.29 is 14.6 Å². The molecule has 1 N–H and O–H groups in total. The first-order valence-corrected chi connectivity index (χ1v) is 14.8. The van der Waals surface area contributed by atoms with Crippen LogP contribution < -0.4 is 9.64 Å². The van der Waals surface area contributed by atoms with Gasteiger partial charge in [-0.2, -0.15) is 0 Å². The molecular formula is C34H35ClN4O3. The molecule has 3 heterocycles. The van der Waals surface area contributed by atoms with Gasteiger partial charge >= 0.3 is 0 Å². The van der Waals surface area contributed by atoms with E-state index < -0.39 is 5.60 Å². The molecule has 0 radical (unpaired) electrons. The van der Waals surface area contributed by atoms with Crippen LogP contribution in [0.25, 0.3) is 10.9 Å². The maximum atomic E-state index is 12.6. The van der Waals surface area contributed by atoms with Crippen molar-refractivity contribution in [2.75, 3.05) is 38.2 Å². The molecule has 42 heavy (non-hydrogen) atoms. The van der Waals surface area contributed by atoms with Crippen LogP contribution in [-0.2, 0) is 16.8 Å². The molecule has 0 aliphatic carbocycles. The molecule has 1 saturated heterocycles. The fourth-order valence-electron chi connectivity index (χ4n) is 6.33. The summed E-state index contributed by atoms with van der Waals surface area (Å²) in [7, 11) is 1.61. The minimum absolute atomic E-state index is 0.0706. The van der Waals surface area contributed by atoms with Gasteiger partial charge in [-0.1, -0.05) is 60.1 Å². The van der Waals surface area contributed by atoms with E-state index in [-0.39, 0.29) is 11.8 Å². The van der Waals surface area contributed by atoms with Crippen molar-refractivity contribution in [2.45, 2.75) is 31.8 Å². The van der Waals surface area contributed by atoms with Crippen LogP contribution in [0.5, 0.6) is 5.88 Å². The lowest BCUT2D eigenvalue weighted by atomic mass is 9.72. The average molecular weight is 583 g/mol. The minimum Gasteiger partial charge on any atom is -0.481 e. The zero-order valence-electron chi connectivity index (χ0n) is 24.0. The number of aliphatic hydroxyl groups is 1. The van der Waals surface area contributed by atoms with Gasteiger partial charge in [0.1, 0.15) is 5.60 Å². The van der Waals surface area contributed by atoms with Gasteiger partial charge in [-0.15, -0.1) is 0 Å². The molecule has 6 rings (SSSR count). The standard InChI is InChI=1S/C34H35ClN4O3/c1-23(40)38-17-14-26(15-18-38)34(41,25-6-4-3-5-7-25)27-10-13-31-29(21-27)32(35)30(33(37-31)42-2)20-24-8-11-28(12-9-24)39-19-16-36-22-39/h3-13,21-22,26,41H,14-20H2,1-2H3. The molecule has 1 amide bonds. The van der Waals surface area contributed by atoms with Crippen molar-refractivity contribution in [2.24, 2.45) is 10.9 Å². The molecule has 1 fully saturated rings. The van der Waals surface area contributed by atoms with E-state index in [2.05, 4.69) is 34.2 Å². The third-order valence-electron chi connectivity index (χ3n) is 8.70. The monoisotopic (exact) mass is 582 g/mol. The third-order valence-corrected chi connectivity index (χ3v) is 9.13. The molecule has 216 valence electrons. The molecule has 3 aromatic carbocycles. The van der Waals surface area contributed by atoms with Crippen molar-refractivity contribution in [3.05, 3.63) is 100 Å². The van der Waals surface area contributed by atoms with Crippen LogP contribution in [0.15, 0.2) is 77.8 Å². The Morgan fingerprint density at radius 1 is 1.02 bits per heavy atom. The third kappa shape index (κ3) is 5.23. The largest absolute Gasteiger partial charge is 0.481 e. The fraction of sp³-hybridized carbons (Fsp3) is 0.324. The number of hydrogen-bond acceptors (Lipinski definition) is 6. The van der Waals surface area contributed by atoms with Gasteiger partial charge in [-0.05, 0) is 59.7 Å². The summed E-state index contributed by atoms with van der Waals surface area (Å²) in [5.41, 5.74) is 4.04. The number of piperidine rings is 1. The van der Waals surface area contributed by atoms with Crippen molar-refractivity contribution in [3.8, 4) is 5.88 Å². The fourth-order valence-corrected chi connectivity index (χ4v) is 6.63. The van der Waals surface area contributed by atoms with E-state index in [0.29, 0.717) is 48.8 Å². The number of hydrogen-bond donors (Lipinski definition) is 1. The van der Waals surface area contributed by atoms with Gasteiger partial charge in [0.2, 0.25) is 11.8 Å². The normalized spacial score (nSPS) is 17.0. The lowest BCUT2D eigenvalue weighted by Gasteiger charge is -2.42. The summed E-state index contributed by atoms with van der Waals surface area (Å²) in [6.07, 6.45) is 3.82. The number of anilines is 1. The van der Waals surface area contributed by atoms with Crippen molar-refractivity contribution >= 4 is 40.4 Å². The highest BCUT2D eigenvalue weighted by Crippen LogP contribution is 2.44. The lowest BCUT2D eigenvalue weighted by molar-refractivity contribution is -0.131. The highest BCUT2D eigenvalue weighted by atomic mass is 35.5. The molecule has 4 aromatic rings. The maximum absolute atomic E-state index is 12.6. The molecule has 0 bridgehead atoms. The number of ether oxygens (including phenoxy) is 1. The second-order valence-corrected chi connectivity index (χ2v) is 11.5. The molecule has 0 saturated carbocycles. The number of carbonyl (C=O) groups excluding carboxylic acids is 1. The average Bonchev–Trinajstić information content (AvgIpc) is 3.58. The van der Waals surface area contributed by atoms with Gasteiger partial charge in [0.15, 0.2) is 0 Å². The van der Waals surface area contributed by atoms with Crippen LogP contribution >= 0.6 is 11.6 Å². The Morgan fingerprint density at radius 2 is 1.76 bits per heavy atom. The van der Waals surface area contributed by atoms with E-state index >= 15 is 0 Å². The lowest BCUT2D eigenvalue weighted by Crippen LogP contribution is -2.45. The predicted octanol–water partition coefficient (Wildman–Crippen LogP) is 5.83. The molecular weight excluding hydrogens is 548 g/mol. The van der Waals surface area contributed by atoms with Gasteiger partial charge in [-0.25, -0.2) is 4.98 Å². The van der Waals surface area contributed by atoms with E-state index in [1.165, 1.54) is 0 Å². The van der Waals surface area contributed by atoms with Crippen LogP contribution in [0.1, 0.15) is 42.0 Å². The summed E-state index contributed by atoms with van der Waals surface area (Å²) in [6, 6.07) is 24.0. The number of likely N-dealkylation sites (tertiary alicyclic amines) is 1. The Morgan fingerprint density at radius 3 is 2.40 bits per heavy atom. The number of aromatic nitrogens is 1. The van der Waals surface area contributed by atoms with Crippen LogP contribution in [0.2, 0.25) is 5.02 Å². The Bertz CT molecular complexity index is 1620. The SMILES string of the molecule is COc1nc2ccc(C(O)(c3ccccc3)C3CCN(C(C)=O)CC3)cc2c(Cl)c1Cc1ccc(N2C=NCC2)cc1. The van der Waals surface area contributed by atoms with Gasteiger partial charge in [0.25, 0.3) is 0 Å². The van der Waals surface area contributed by atoms with Gasteiger partial charge in [0, 0.05) is 49.6 Å². The molecule has 2 aliphatic rings. The van der Waals surface area contributed by atoms with E-state index in [9.17, 15) is 9.90 Å². The first kappa shape index (κ1) is 28.2. The number of amides is 1. The predicted molar refractivity (Wildman–Crippen MR) is 168 cm³/mol. The molecule has 0 spiro atoms. The van der Waals surface area contributed by atoms with Crippen molar-refractivity contribution in [3.63, 3.8) is 0 Å². The van der Waals surface area contributed by atoms with Crippen LogP contribution in [-0.4, -0.2) is 60.5 Å². The maximum Gasteiger partial charge on any atom is 0.219 e. The van der Waals surface area contributed by atoms with E-state index in [1.807, 2.05) is 59.8 Å². The van der Waals surface area contributed by atoms with Crippen LogP contribution in [0.3, 0.4) is 0 Å². The second kappa shape index (κ2) is 11.7. The number of halogens is 1. The van der Waals surface area contributed by atoms with Crippen LogP contribution in [0.4, 0.5) is 5.69 Å². The molecule has 7 nitrogen and oxygen atoms in total. The molecule has 1 unspecified atom stereocenters. The summed E-state index contributed by atoms with van der Waals surface area (Å²) < 4.78 is 5.70. The Balaban J connectivity index is 1.39. The number of rotatable bonds is 7. The number of carbonyl (C=O) groups is 1. The number of benzene rings is 3. The summed E-state index contributed by atoms with van der Waals surface area (Å²) in [4.78, 5) is 25.1. The Kier molecular flexibility index (Phi) is 7.88. The number of pyridine rings is 1. The summed E-state index contributed by atoms with van der Waals surface area (Å²) >= 11 is 7.15. The number of methoxy groups -OCH3 is 1. The molecule has 1 aromatic heterocycles. The van der Waals surface area contributed by atoms with E-state index in [1.54, 1.807) is 14.0 Å². The zero-order chi connectivity index (χ0) is 29.3.